The first-order chi connectivity index (χ1) is 7.54. The number of nitrogen functional groups attached to an aromatic ring is 1. The smallest absolute Gasteiger partial charge is 0.224 e. The molecular formula is C13H20N2O. The molecule has 1 rings (SSSR count). The zero-order valence-electron chi connectivity index (χ0n) is 10.2. The van der Waals surface area contributed by atoms with Gasteiger partial charge in [0.1, 0.15) is 0 Å². The molecule has 0 radical (unpaired) electrons. The van der Waals surface area contributed by atoms with Gasteiger partial charge in [0.25, 0.3) is 0 Å². The van der Waals surface area contributed by atoms with Gasteiger partial charge in [-0.25, -0.2) is 0 Å². The van der Waals surface area contributed by atoms with Crippen molar-refractivity contribution in [2.45, 2.75) is 33.6 Å². The lowest BCUT2D eigenvalue weighted by molar-refractivity contribution is -0.117. The number of anilines is 2. The van der Waals surface area contributed by atoms with Gasteiger partial charge in [-0.05, 0) is 30.5 Å². The number of nitrogens with two attached hydrogens (primary N) is 1. The molecule has 3 nitrogen and oxygen atoms in total. The summed E-state index contributed by atoms with van der Waals surface area (Å²) in [7, 11) is 0. The average molecular weight is 220 g/mol. The van der Waals surface area contributed by atoms with Crippen molar-refractivity contribution in [3.8, 4) is 0 Å². The molecule has 88 valence electrons. The Morgan fingerprint density at radius 3 is 2.81 bits per heavy atom. The Balaban J connectivity index is 2.66. The summed E-state index contributed by atoms with van der Waals surface area (Å²) >= 11 is 0. The van der Waals surface area contributed by atoms with Gasteiger partial charge in [0.15, 0.2) is 0 Å². The Morgan fingerprint density at radius 2 is 2.19 bits per heavy atom. The third-order valence-corrected chi connectivity index (χ3v) is 2.88. The summed E-state index contributed by atoms with van der Waals surface area (Å²) in [6.45, 7) is 6.07. The third-order valence-electron chi connectivity index (χ3n) is 2.88. The molecule has 0 heterocycles. The normalized spacial score (nSPS) is 12.2. The van der Waals surface area contributed by atoms with E-state index in [-0.39, 0.29) is 5.91 Å². The summed E-state index contributed by atoms with van der Waals surface area (Å²) in [4.78, 5) is 11.7. The molecule has 1 atom stereocenters. The number of rotatable bonds is 4. The molecule has 0 aliphatic heterocycles. The molecule has 16 heavy (non-hydrogen) atoms. The maximum atomic E-state index is 11.7. The van der Waals surface area contributed by atoms with Crippen LogP contribution in [0.25, 0.3) is 0 Å². The number of hydrogen-bond donors (Lipinski definition) is 2. The summed E-state index contributed by atoms with van der Waals surface area (Å²) in [5, 5.41) is 2.90. The van der Waals surface area contributed by atoms with Crippen LogP contribution < -0.4 is 11.1 Å². The second kappa shape index (κ2) is 5.54. The van der Waals surface area contributed by atoms with E-state index in [0.29, 0.717) is 18.0 Å². The maximum Gasteiger partial charge on any atom is 0.224 e. The summed E-state index contributed by atoms with van der Waals surface area (Å²) in [6, 6.07) is 5.56. The lowest BCUT2D eigenvalue weighted by atomic mass is 10.0. The van der Waals surface area contributed by atoms with Crippen LogP contribution in [0.15, 0.2) is 18.2 Å². The van der Waals surface area contributed by atoms with Gasteiger partial charge in [0.2, 0.25) is 5.91 Å². The molecule has 3 N–H and O–H groups in total. The number of hydrogen-bond acceptors (Lipinski definition) is 2. The van der Waals surface area contributed by atoms with Crippen LogP contribution in [-0.2, 0) is 4.79 Å². The van der Waals surface area contributed by atoms with Crippen LogP contribution in [0.4, 0.5) is 11.4 Å². The van der Waals surface area contributed by atoms with Crippen molar-refractivity contribution < 1.29 is 4.79 Å². The first-order valence-corrected chi connectivity index (χ1v) is 5.69. The van der Waals surface area contributed by atoms with E-state index in [1.807, 2.05) is 25.1 Å². The molecule has 0 aromatic heterocycles. The van der Waals surface area contributed by atoms with Gasteiger partial charge in [0, 0.05) is 17.8 Å². The number of benzene rings is 1. The first-order valence-electron chi connectivity index (χ1n) is 5.69. The fourth-order valence-corrected chi connectivity index (χ4v) is 1.45. The highest BCUT2D eigenvalue weighted by atomic mass is 16.1. The highest BCUT2D eigenvalue weighted by molar-refractivity contribution is 5.92. The van der Waals surface area contributed by atoms with Crippen LogP contribution in [0.5, 0.6) is 0 Å². The minimum atomic E-state index is 0.0584. The fourth-order valence-electron chi connectivity index (χ4n) is 1.45. The molecule has 0 bridgehead atoms. The molecule has 0 saturated heterocycles. The van der Waals surface area contributed by atoms with E-state index in [1.54, 1.807) is 0 Å². The van der Waals surface area contributed by atoms with Crippen molar-refractivity contribution in [3.63, 3.8) is 0 Å². The Morgan fingerprint density at radius 1 is 1.50 bits per heavy atom. The molecule has 0 aliphatic carbocycles. The fraction of sp³-hybridized carbons (Fsp3) is 0.462. The Hall–Kier alpha value is -1.51. The third kappa shape index (κ3) is 3.26. The topological polar surface area (TPSA) is 55.1 Å². The van der Waals surface area contributed by atoms with Crippen molar-refractivity contribution in [3.05, 3.63) is 23.8 Å². The van der Waals surface area contributed by atoms with Crippen LogP contribution >= 0.6 is 0 Å². The highest BCUT2D eigenvalue weighted by Crippen LogP contribution is 2.21. The lowest BCUT2D eigenvalue weighted by Gasteiger charge is -2.12. The van der Waals surface area contributed by atoms with E-state index in [2.05, 4.69) is 19.2 Å². The Bertz CT molecular complexity index is 374. The molecule has 0 fully saturated rings. The summed E-state index contributed by atoms with van der Waals surface area (Å²) in [5.74, 6) is 0.476. The molecule has 0 spiro atoms. The van der Waals surface area contributed by atoms with Crippen LogP contribution in [0, 0.1) is 12.8 Å². The molecule has 0 saturated carbocycles. The standard InChI is InChI=1S/C13H20N2O/c1-4-9(2)8-13(16)15-12-7-5-6-11(14)10(12)3/h5-7,9H,4,8,14H2,1-3H3,(H,15,16). The van der Waals surface area contributed by atoms with Crippen LogP contribution in [0.1, 0.15) is 32.3 Å². The lowest BCUT2D eigenvalue weighted by Crippen LogP contribution is -2.15. The largest absolute Gasteiger partial charge is 0.398 e. The van der Waals surface area contributed by atoms with Gasteiger partial charge >= 0.3 is 0 Å². The van der Waals surface area contributed by atoms with Gasteiger partial charge in [-0.3, -0.25) is 4.79 Å². The van der Waals surface area contributed by atoms with Gasteiger partial charge in [0.05, 0.1) is 0 Å². The highest BCUT2D eigenvalue weighted by Gasteiger charge is 2.09. The molecule has 1 aromatic rings. The van der Waals surface area contributed by atoms with Crippen molar-refractivity contribution >= 4 is 17.3 Å². The molecular weight excluding hydrogens is 200 g/mol. The second-order valence-electron chi connectivity index (χ2n) is 4.29. The number of nitrogens with one attached hydrogen (secondary N) is 1. The first kappa shape index (κ1) is 12.6. The van der Waals surface area contributed by atoms with Gasteiger partial charge in [-0.2, -0.15) is 0 Å². The molecule has 3 heteroatoms. The summed E-state index contributed by atoms with van der Waals surface area (Å²) < 4.78 is 0. The van der Waals surface area contributed by atoms with Crippen LogP contribution in [0.3, 0.4) is 0 Å². The number of carbonyl (C=O) groups excluding carboxylic acids is 1. The van der Waals surface area contributed by atoms with E-state index < -0.39 is 0 Å². The zero-order valence-corrected chi connectivity index (χ0v) is 10.2. The van der Waals surface area contributed by atoms with Crippen molar-refractivity contribution in [2.75, 3.05) is 11.1 Å². The Labute approximate surface area is 97.0 Å². The van der Waals surface area contributed by atoms with E-state index in [9.17, 15) is 4.79 Å². The molecule has 1 aromatic carbocycles. The zero-order chi connectivity index (χ0) is 12.1. The quantitative estimate of drug-likeness (QED) is 0.766. The van der Waals surface area contributed by atoms with Gasteiger partial charge in [-0.1, -0.05) is 26.3 Å². The molecule has 1 unspecified atom stereocenters. The van der Waals surface area contributed by atoms with Crippen LogP contribution in [0.2, 0.25) is 0 Å². The van der Waals surface area contributed by atoms with Crippen molar-refractivity contribution in [1.29, 1.82) is 0 Å². The van der Waals surface area contributed by atoms with Gasteiger partial charge < -0.3 is 11.1 Å². The van der Waals surface area contributed by atoms with E-state index in [1.165, 1.54) is 0 Å². The van der Waals surface area contributed by atoms with E-state index >= 15 is 0 Å². The number of carbonyl (C=O) groups is 1. The predicted octanol–water partition coefficient (Wildman–Crippen LogP) is 2.95. The molecule has 0 aliphatic rings. The van der Waals surface area contributed by atoms with Crippen molar-refractivity contribution in [2.24, 2.45) is 5.92 Å². The van der Waals surface area contributed by atoms with E-state index in [4.69, 9.17) is 5.73 Å². The monoisotopic (exact) mass is 220 g/mol. The minimum absolute atomic E-state index is 0.0584. The second-order valence-corrected chi connectivity index (χ2v) is 4.29. The summed E-state index contributed by atoms with van der Waals surface area (Å²) in [5.41, 5.74) is 8.23. The predicted molar refractivity (Wildman–Crippen MR) is 68.3 cm³/mol. The van der Waals surface area contributed by atoms with Gasteiger partial charge in [-0.15, -0.1) is 0 Å². The maximum absolute atomic E-state index is 11.7. The van der Waals surface area contributed by atoms with Crippen LogP contribution in [-0.4, -0.2) is 5.91 Å². The average Bonchev–Trinajstić information content (AvgIpc) is 2.24. The summed E-state index contributed by atoms with van der Waals surface area (Å²) in [6.07, 6.45) is 1.58. The molecule has 1 amide bonds. The SMILES string of the molecule is CCC(C)CC(=O)Nc1cccc(N)c1C. The minimum Gasteiger partial charge on any atom is -0.398 e. The Kier molecular flexibility index (Phi) is 4.35. The number of amides is 1. The van der Waals surface area contributed by atoms with Crippen molar-refractivity contribution in [1.82, 2.24) is 0 Å². The van der Waals surface area contributed by atoms with E-state index in [0.717, 1.165) is 17.7 Å².